The molecule has 2 aliphatic rings. The van der Waals surface area contributed by atoms with Crippen LogP contribution in [0.25, 0.3) is 0 Å². The van der Waals surface area contributed by atoms with E-state index in [1.165, 1.54) is 0 Å². The van der Waals surface area contributed by atoms with E-state index in [0.717, 1.165) is 55.9 Å². The summed E-state index contributed by atoms with van der Waals surface area (Å²) >= 11 is 0. The molecule has 2 heterocycles. The molecule has 1 aromatic rings. The monoisotopic (exact) mass is 315 g/mol. The number of nitrogens with one attached hydrogen (secondary N) is 1. The lowest BCUT2D eigenvalue weighted by Gasteiger charge is -2.14. The van der Waals surface area contributed by atoms with Crippen LogP contribution in [0.15, 0.2) is 0 Å². The van der Waals surface area contributed by atoms with Crippen LogP contribution in [0, 0.1) is 0 Å². The summed E-state index contributed by atoms with van der Waals surface area (Å²) in [7, 11) is 0. The average Bonchev–Trinajstić information content (AvgIpc) is 3.27. The van der Waals surface area contributed by atoms with Crippen LogP contribution in [0.5, 0.6) is 5.88 Å². The molecule has 1 aliphatic carbocycles. The quantitative estimate of drug-likeness (QED) is 0.849. The molecular formula is C15H20F3N3O. The summed E-state index contributed by atoms with van der Waals surface area (Å²) in [6.45, 7) is 1.72. The second-order valence-electron chi connectivity index (χ2n) is 5.90. The van der Waals surface area contributed by atoms with E-state index < -0.39 is 12.6 Å². The number of ether oxygens (including phenoxy) is 1. The summed E-state index contributed by atoms with van der Waals surface area (Å²) in [6, 6.07) is 0. The fourth-order valence-electron chi connectivity index (χ4n) is 2.61. The van der Waals surface area contributed by atoms with Crippen LogP contribution < -0.4 is 10.1 Å². The van der Waals surface area contributed by atoms with Gasteiger partial charge >= 0.3 is 6.18 Å². The summed E-state index contributed by atoms with van der Waals surface area (Å²) in [4.78, 5) is 9.13. The number of alkyl halides is 3. The second-order valence-corrected chi connectivity index (χ2v) is 5.90. The zero-order valence-corrected chi connectivity index (χ0v) is 12.4. The topological polar surface area (TPSA) is 47.0 Å². The molecule has 1 saturated carbocycles. The summed E-state index contributed by atoms with van der Waals surface area (Å²) in [5.74, 6) is 1.70. The Balaban J connectivity index is 1.72. The van der Waals surface area contributed by atoms with Gasteiger partial charge in [-0.3, -0.25) is 0 Å². The zero-order chi connectivity index (χ0) is 15.6. The van der Waals surface area contributed by atoms with Gasteiger partial charge in [0.25, 0.3) is 0 Å². The van der Waals surface area contributed by atoms with Crippen molar-refractivity contribution in [3.8, 4) is 5.88 Å². The fourth-order valence-corrected chi connectivity index (χ4v) is 2.61. The Morgan fingerprint density at radius 3 is 2.64 bits per heavy atom. The molecule has 122 valence electrons. The molecule has 0 amide bonds. The Bertz CT molecular complexity index is 529. The van der Waals surface area contributed by atoms with Crippen LogP contribution in [-0.2, 0) is 12.8 Å². The van der Waals surface area contributed by atoms with Crippen LogP contribution >= 0.6 is 0 Å². The molecule has 0 saturated heterocycles. The van der Waals surface area contributed by atoms with Crippen LogP contribution in [-0.4, -0.2) is 35.8 Å². The van der Waals surface area contributed by atoms with Crippen molar-refractivity contribution in [3.05, 3.63) is 17.1 Å². The molecule has 1 fully saturated rings. The molecule has 0 radical (unpaired) electrons. The summed E-state index contributed by atoms with van der Waals surface area (Å²) in [5, 5.41) is 3.30. The third-order valence-corrected chi connectivity index (χ3v) is 3.95. The minimum atomic E-state index is -4.13. The van der Waals surface area contributed by atoms with Crippen molar-refractivity contribution < 1.29 is 17.9 Å². The minimum absolute atomic E-state index is 0.0422. The van der Waals surface area contributed by atoms with Gasteiger partial charge in [-0.1, -0.05) is 0 Å². The van der Waals surface area contributed by atoms with Gasteiger partial charge in [0, 0.05) is 30.9 Å². The Morgan fingerprint density at radius 2 is 1.91 bits per heavy atom. The highest BCUT2D eigenvalue weighted by Gasteiger charge is 2.30. The number of rotatable bonds is 5. The van der Waals surface area contributed by atoms with Crippen molar-refractivity contribution in [2.45, 2.75) is 50.6 Å². The van der Waals surface area contributed by atoms with Crippen molar-refractivity contribution >= 4 is 0 Å². The lowest BCUT2D eigenvalue weighted by atomic mass is 10.1. The largest absolute Gasteiger partial charge is 0.477 e. The summed E-state index contributed by atoms with van der Waals surface area (Å²) < 4.78 is 42.2. The van der Waals surface area contributed by atoms with Crippen LogP contribution in [0.3, 0.4) is 0 Å². The Labute approximate surface area is 127 Å². The number of fused-ring (bicyclic) bond motifs is 1. The highest BCUT2D eigenvalue weighted by atomic mass is 19.4. The van der Waals surface area contributed by atoms with E-state index in [4.69, 9.17) is 4.74 Å². The molecule has 22 heavy (non-hydrogen) atoms. The Kier molecular flexibility index (Phi) is 4.52. The van der Waals surface area contributed by atoms with E-state index >= 15 is 0 Å². The van der Waals surface area contributed by atoms with Gasteiger partial charge in [-0.15, -0.1) is 0 Å². The molecule has 1 aromatic heterocycles. The molecule has 4 nitrogen and oxygen atoms in total. The predicted octanol–water partition coefficient (Wildman–Crippen LogP) is 2.76. The van der Waals surface area contributed by atoms with Gasteiger partial charge in [0.2, 0.25) is 5.88 Å². The lowest BCUT2D eigenvalue weighted by molar-refractivity contribution is -0.136. The number of halogens is 3. The van der Waals surface area contributed by atoms with Crippen molar-refractivity contribution in [2.24, 2.45) is 0 Å². The molecule has 3 rings (SSSR count). The van der Waals surface area contributed by atoms with Gasteiger partial charge in [-0.2, -0.15) is 18.2 Å². The molecule has 1 N–H and O–H groups in total. The van der Waals surface area contributed by atoms with Crippen molar-refractivity contribution in [1.29, 1.82) is 0 Å². The van der Waals surface area contributed by atoms with Crippen molar-refractivity contribution in [3.63, 3.8) is 0 Å². The first-order valence-electron chi connectivity index (χ1n) is 7.83. The highest BCUT2D eigenvalue weighted by Crippen LogP contribution is 2.39. The van der Waals surface area contributed by atoms with E-state index in [2.05, 4.69) is 15.3 Å². The maximum absolute atomic E-state index is 12.2. The van der Waals surface area contributed by atoms with Gasteiger partial charge in [0.1, 0.15) is 5.82 Å². The molecule has 0 bridgehead atoms. The molecule has 0 unspecified atom stereocenters. The third-order valence-electron chi connectivity index (χ3n) is 3.95. The predicted molar refractivity (Wildman–Crippen MR) is 75.1 cm³/mol. The number of aromatic nitrogens is 2. The molecule has 0 atom stereocenters. The Morgan fingerprint density at radius 1 is 1.14 bits per heavy atom. The number of hydrogen-bond acceptors (Lipinski definition) is 4. The summed E-state index contributed by atoms with van der Waals surface area (Å²) in [5.41, 5.74) is 1.95. The molecule has 0 aromatic carbocycles. The van der Waals surface area contributed by atoms with Gasteiger partial charge in [-0.05, 0) is 32.2 Å². The van der Waals surface area contributed by atoms with E-state index in [1.807, 2.05) is 0 Å². The van der Waals surface area contributed by atoms with E-state index in [1.54, 1.807) is 0 Å². The number of hydrogen-bond donors (Lipinski definition) is 1. The zero-order valence-electron chi connectivity index (χ0n) is 12.4. The first kappa shape index (κ1) is 15.5. The molecule has 0 spiro atoms. The van der Waals surface area contributed by atoms with Gasteiger partial charge in [0.15, 0.2) is 0 Å². The number of nitrogens with zero attached hydrogens (tertiary/aromatic N) is 2. The fraction of sp³-hybridized carbons (Fsp3) is 0.733. The SMILES string of the molecule is FC(F)(F)CCCOc1nc(C2CC2)nc2c1CCNCC2. The Hall–Kier alpha value is -1.37. The molecular weight excluding hydrogens is 295 g/mol. The first-order chi connectivity index (χ1) is 10.5. The first-order valence-corrected chi connectivity index (χ1v) is 7.83. The van der Waals surface area contributed by atoms with E-state index in [-0.39, 0.29) is 13.0 Å². The van der Waals surface area contributed by atoms with Gasteiger partial charge in [-0.25, -0.2) is 4.98 Å². The molecule has 7 heteroatoms. The van der Waals surface area contributed by atoms with Crippen LogP contribution in [0.2, 0.25) is 0 Å². The van der Waals surface area contributed by atoms with Gasteiger partial charge in [0.05, 0.1) is 12.3 Å². The van der Waals surface area contributed by atoms with Crippen LogP contribution in [0.4, 0.5) is 13.2 Å². The minimum Gasteiger partial charge on any atom is -0.477 e. The van der Waals surface area contributed by atoms with Crippen LogP contribution in [0.1, 0.15) is 48.7 Å². The second kappa shape index (κ2) is 6.40. The smallest absolute Gasteiger partial charge is 0.389 e. The van der Waals surface area contributed by atoms with E-state index in [9.17, 15) is 13.2 Å². The van der Waals surface area contributed by atoms with Crippen molar-refractivity contribution in [2.75, 3.05) is 19.7 Å². The van der Waals surface area contributed by atoms with Crippen molar-refractivity contribution in [1.82, 2.24) is 15.3 Å². The normalized spacial score (nSPS) is 18.7. The molecule has 1 aliphatic heterocycles. The van der Waals surface area contributed by atoms with Gasteiger partial charge < -0.3 is 10.1 Å². The maximum Gasteiger partial charge on any atom is 0.389 e. The third kappa shape index (κ3) is 4.09. The standard InChI is InChI=1S/C15H20F3N3O/c16-15(17,18)6-1-9-22-14-11-4-7-19-8-5-12(11)20-13(21-14)10-2-3-10/h10,19H,1-9H2. The summed E-state index contributed by atoms with van der Waals surface area (Å²) in [6.07, 6.45) is -1.24. The van der Waals surface area contributed by atoms with E-state index in [0.29, 0.717) is 11.8 Å². The highest BCUT2D eigenvalue weighted by molar-refractivity contribution is 5.34. The average molecular weight is 315 g/mol. The lowest BCUT2D eigenvalue weighted by Crippen LogP contribution is -2.16. The maximum atomic E-state index is 12.2.